The standard InChI is InChI=1S/C15H19N3O/c1-4-11-6-7-14(19-3)13(8-11)12-9-17-15(16-5-2)18-10-12/h6-10H,4-5H2,1-3H3,(H,16,17,18). The van der Waals surface area contributed by atoms with Crippen LogP contribution >= 0.6 is 0 Å². The van der Waals surface area contributed by atoms with Crippen molar-refractivity contribution in [2.45, 2.75) is 20.3 Å². The Labute approximate surface area is 113 Å². The highest BCUT2D eigenvalue weighted by Gasteiger charge is 2.08. The van der Waals surface area contributed by atoms with Gasteiger partial charge in [-0.15, -0.1) is 0 Å². The Balaban J connectivity index is 2.38. The monoisotopic (exact) mass is 257 g/mol. The van der Waals surface area contributed by atoms with Gasteiger partial charge in [-0.25, -0.2) is 9.97 Å². The van der Waals surface area contributed by atoms with Gasteiger partial charge in [0.25, 0.3) is 0 Å². The molecule has 0 spiro atoms. The smallest absolute Gasteiger partial charge is 0.222 e. The number of hydrogen-bond acceptors (Lipinski definition) is 4. The predicted octanol–water partition coefficient (Wildman–Crippen LogP) is 3.15. The van der Waals surface area contributed by atoms with Crippen molar-refractivity contribution in [2.75, 3.05) is 19.0 Å². The maximum atomic E-state index is 5.41. The lowest BCUT2D eigenvalue weighted by Crippen LogP contribution is -2.01. The molecular formula is C15H19N3O. The van der Waals surface area contributed by atoms with Gasteiger partial charge < -0.3 is 10.1 Å². The van der Waals surface area contributed by atoms with Crippen molar-refractivity contribution >= 4 is 5.95 Å². The van der Waals surface area contributed by atoms with Gasteiger partial charge in [0.05, 0.1) is 7.11 Å². The topological polar surface area (TPSA) is 47.0 Å². The maximum absolute atomic E-state index is 5.41. The van der Waals surface area contributed by atoms with E-state index in [4.69, 9.17) is 4.74 Å². The van der Waals surface area contributed by atoms with Crippen LogP contribution in [0.3, 0.4) is 0 Å². The Hall–Kier alpha value is -2.10. The quantitative estimate of drug-likeness (QED) is 0.893. The van der Waals surface area contributed by atoms with Crippen molar-refractivity contribution in [1.29, 1.82) is 0 Å². The van der Waals surface area contributed by atoms with Crippen LogP contribution in [0.15, 0.2) is 30.6 Å². The summed E-state index contributed by atoms with van der Waals surface area (Å²) in [5, 5.41) is 3.08. The molecule has 2 rings (SSSR count). The summed E-state index contributed by atoms with van der Waals surface area (Å²) in [6, 6.07) is 6.20. The first kappa shape index (κ1) is 13.3. The molecule has 0 fully saturated rings. The summed E-state index contributed by atoms with van der Waals surface area (Å²) in [4.78, 5) is 8.60. The zero-order chi connectivity index (χ0) is 13.7. The summed E-state index contributed by atoms with van der Waals surface area (Å²) in [5.74, 6) is 1.49. The molecule has 0 radical (unpaired) electrons. The summed E-state index contributed by atoms with van der Waals surface area (Å²) < 4.78 is 5.41. The molecule has 1 N–H and O–H groups in total. The van der Waals surface area contributed by atoms with Crippen molar-refractivity contribution in [2.24, 2.45) is 0 Å². The van der Waals surface area contributed by atoms with Crippen LogP contribution in [-0.2, 0) is 6.42 Å². The van der Waals surface area contributed by atoms with E-state index in [1.165, 1.54) is 5.56 Å². The highest BCUT2D eigenvalue weighted by Crippen LogP contribution is 2.30. The first-order valence-electron chi connectivity index (χ1n) is 6.51. The van der Waals surface area contributed by atoms with Gasteiger partial charge in [-0.2, -0.15) is 0 Å². The van der Waals surface area contributed by atoms with E-state index in [1.807, 2.05) is 25.4 Å². The SMILES string of the molecule is CCNc1ncc(-c2cc(CC)ccc2OC)cn1. The van der Waals surface area contributed by atoms with Gasteiger partial charge in [-0.3, -0.25) is 0 Å². The third-order valence-electron chi connectivity index (χ3n) is 2.97. The minimum absolute atomic E-state index is 0.650. The summed E-state index contributed by atoms with van der Waals surface area (Å²) in [5.41, 5.74) is 3.27. The van der Waals surface area contributed by atoms with Crippen molar-refractivity contribution in [1.82, 2.24) is 9.97 Å². The van der Waals surface area contributed by atoms with E-state index in [2.05, 4.69) is 34.3 Å². The Morgan fingerprint density at radius 3 is 2.47 bits per heavy atom. The molecule has 100 valence electrons. The van der Waals surface area contributed by atoms with Crippen LogP contribution in [-0.4, -0.2) is 23.6 Å². The number of benzene rings is 1. The average molecular weight is 257 g/mol. The van der Waals surface area contributed by atoms with Gasteiger partial charge in [-0.05, 0) is 31.0 Å². The molecule has 19 heavy (non-hydrogen) atoms. The third-order valence-corrected chi connectivity index (χ3v) is 2.97. The zero-order valence-electron chi connectivity index (χ0n) is 11.6. The lowest BCUT2D eigenvalue weighted by Gasteiger charge is -2.10. The van der Waals surface area contributed by atoms with Crippen molar-refractivity contribution in [3.05, 3.63) is 36.2 Å². The number of aromatic nitrogens is 2. The third kappa shape index (κ3) is 3.02. The molecule has 0 bridgehead atoms. The van der Waals surface area contributed by atoms with Crippen LogP contribution in [0.4, 0.5) is 5.95 Å². The van der Waals surface area contributed by atoms with E-state index >= 15 is 0 Å². The van der Waals surface area contributed by atoms with Crippen molar-refractivity contribution < 1.29 is 4.74 Å². The van der Waals surface area contributed by atoms with Gasteiger partial charge in [0.2, 0.25) is 5.95 Å². The zero-order valence-corrected chi connectivity index (χ0v) is 11.6. The molecule has 0 aliphatic carbocycles. The molecule has 4 nitrogen and oxygen atoms in total. The summed E-state index contributed by atoms with van der Waals surface area (Å²) in [6.07, 6.45) is 4.64. The number of anilines is 1. The lowest BCUT2D eigenvalue weighted by atomic mass is 10.0. The molecule has 0 saturated carbocycles. The molecule has 0 aliphatic rings. The van der Waals surface area contributed by atoms with Gasteiger partial charge in [0.1, 0.15) is 5.75 Å². The van der Waals surface area contributed by atoms with Crippen LogP contribution in [0.1, 0.15) is 19.4 Å². The Bertz CT molecular complexity index is 538. The first-order valence-corrected chi connectivity index (χ1v) is 6.51. The second kappa shape index (κ2) is 6.18. The molecule has 0 atom stereocenters. The summed E-state index contributed by atoms with van der Waals surface area (Å²) in [6.45, 7) is 4.97. The summed E-state index contributed by atoms with van der Waals surface area (Å²) in [7, 11) is 1.68. The Kier molecular flexibility index (Phi) is 4.34. The number of hydrogen-bond donors (Lipinski definition) is 1. The Morgan fingerprint density at radius 2 is 1.89 bits per heavy atom. The van der Waals surface area contributed by atoms with Gasteiger partial charge in [0.15, 0.2) is 0 Å². The fourth-order valence-corrected chi connectivity index (χ4v) is 1.92. The predicted molar refractivity (Wildman–Crippen MR) is 77.6 cm³/mol. The molecule has 4 heteroatoms. The van der Waals surface area contributed by atoms with E-state index < -0.39 is 0 Å². The Morgan fingerprint density at radius 1 is 1.16 bits per heavy atom. The highest BCUT2D eigenvalue weighted by atomic mass is 16.5. The van der Waals surface area contributed by atoms with E-state index in [0.29, 0.717) is 5.95 Å². The number of nitrogens with zero attached hydrogens (tertiary/aromatic N) is 2. The van der Waals surface area contributed by atoms with Gasteiger partial charge in [0, 0.05) is 30.1 Å². The number of nitrogens with one attached hydrogen (secondary N) is 1. The lowest BCUT2D eigenvalue weighted by molar-refractivity contribution is 0.416. The maximum Gasteiger partial charge on any atom is 0.222 e. The second-order valence-electron chi connectivity index (χ2n) is 4.21. The van der Waals surface area contributed by atoms with Crippen LogP contribution in [0.25, 0.3) is 11.1 Å². The number of aryl methyl sites for hydroxylation is 1. The van der Waals surface area contributed by atoms with E-state index in [1.54, 1.807) is 7.11 Å². The minimum atomic E-state index is 0.650. The van der Waals surface area contributed by atoms with Gasteiger partial charge in [-0.1, -0.05) is 13.0 Å². The first-order chi connectivity index (χ1) is 9.28. The van der Waals surface area contributed by atoms with E-state index in [0.717, 1.165) is 29.8 Å². The van der Waals surface area contributed by atoms with Crippen molar-refractivity contribution in [3.63, 3.8) is 0 Å². The van der Waals surface area contributed by atoms with E-state index in [9.17, 15) is 0 Å². The van der Waals surface area contributed by atoms with Crippen LogP contribution in [0, 0.1) is 0 Å². The molecule has 1 aromatic heterocycles. The molecule has 0 aliphatic heterocycles. The fourth-order valence-electron chi connectivity index (χ4n) is 1.92. The fraction of sp³-hybridized carbons (Fsp3) is 0.333. The number of methoxy groups -OCH3 is 1. The highest BCUT2D eigenvalue weighted by molar-refractivity contribution is 5.70. The second-order valence-corrected chi connectivity index (χ2v) is 4.21. The molecule has 0 saturated heterocycles. The van der Waals surface area contributed by atoms with E-state index in [-0.39, 0.29) is 0 Å². The molecule has 0 unspecified atom stereocenters. The average Bonchev–Trinajstić information content (AvgIpc) is 2.47. The van der Waals surface area contributed by atoms with Crippen LogP contribution in [0.5, 0.6) is 5.75 Å². The van der Waals surface area contributed by atoms with Crippen LogP contribution in [0.2, 0.25) is 0 Å². The molecule has 1 aromatic carbocycles. The molecule has 0 amide bonds. The summed E-state index contributed by atoms with van der Waals surface area (Å²) >= 11 is 0. The number of ether oxygens (including phenoxy) is 1. The normalized spacial score (nSPS) is 10.3. The number of rotatable bonds is 5. The largest absolute Gasteiger partial charge is 0.496 e. The molecule has 1 heterocycles. The molecule has 2 aromatic rings. The van der Waals surface area contributed by atoms with Crippen molar-refractivity contribution in [3.8, 4) is 16.9 Å². The van der Waals surface area contributed by atoms with Crippen LogP contribution < -0.4 is 10.1 Å². The minimum Gasteiger partial charge on any atom is -0.496 e. The van der Waals surface area contributed by atoms with Gasteiger partial charge >= 0.3 is 0 Å². The molecular weight excluding hydrogens is 238 g/mol.